The largest absolute Gasteiger partial charge is 0.299 e. The first-order chi connectivity index (χ1) is 13.1. The molecule has 0 unspecified atom stereocenters. The van der Waals surface area contributed by atoms with E-state index in [4.69, 9.17) is 28.2 Å². The molecule has 0 spiro atoms. The summed E-state index contributed by atoms with van der Waals surface area (Å²) in [5.74, 6) is 1.69. The van der Waals surface area contributed by atoms with Gasteiger partial charge in [0, 0.05) is 21.2 Å². The molecule has 1 aliphatic heterocycles. The number of halogens is 2. The maximum absolute atomic E-state index is 6.47. The summed E-state index contributed by atoms with van der Waals surface area (Å²) in [5.41, 5.74) is 3.59. The number of benzene rings is 2. The Balaban J connectivity index is 1.92. The minimum Gasteiger partial charge on any atom is -0.299 e. The molecule has 3 aromatic rings. The number of fused-ring (bicyclic) bond motifs is 3. The molecular weight excluding hydrogens is 381 g/mol. The number of aliphatic imine (C=N–C) groups is 1. The number of hydrogen-bond donors (Lipinski definition) is 0. The first kappa shape index (κ1) is 18.2. The number of rotatable bonds is 4. The molecule has 0 saturated heterocycles. The van der Waals surface area contributed by atoms with Crippen LogP contribution in [0, 0.1) is 0 Å². The van der Waals surface area contributed by atoms with Crippen LogP contribution >= 0.6 is 23.2 Å². The van der Waals surface area contributed by atoms with Gasteiger partial charge >= 0.3 is 0 Å². The highest BCUT2D eigenvalue weighted by Gasteiger charge is 2.24. The maximum Gasteiger partial charge on any atom is 0.159 e. The third-order valence-electron chi connectivity index (χ3n) is 4.71. The summed E-state index contributed by atoms with van der Waals surface area (Å²) in [7, 11) is 2.06. The van der Waals surface area contributed by atoms with Crippen molar-refractivity contribution in [3.05, 3.63) is 75.3 Å². The van der Waals surface area contributed by atoms with Gasteiger partial charge in [0.1, 0.15) is 6.54 Å². The van der Waals surface area contributed by atoms with Crippen molar-refractivity contribution in [3.63, 3.8) is 0 Å². The van der Waals surface area contributed by atoms with Gasteiger partial charge in [-0.25, -0.2) is 0 Å². The lowest BCUT2D eigenvalue weighted by molar-refractivity contribution is 0.333. The lowest BCUT2D eigenvalue weighted by Gasteiger charge is -2.17. The molecule has 138 valence electrons. The second-order valence-electron chi connectivity index (χ2n) is 6.50. The van der Waals surface area contributed by atoms with Gasteiger partial charge in [-0.2, -0.15) is 0 Å². The summed E-state index contributed by atoms with van der Waals surface area (Å²) in [6.07, 6.45) is 0. The molecular formula is C20H19Cl2N5. The number of nitrogens with zero attached hydrogens (tertiary/aromatic N) is 5. The van der Waals surface area contributed by atoms with Gasteiger partial charge in [-0.3, -0.25) is 14.5 Å². The maximum atomic E-state index is 6.47. The lowest BCUT2D eigenvalue weighted by atomic mass is 10.0. The highest BCUT2D eigenvalue weighted by Crippen LogP contribution is 2.30. The molecule has 0 N–H and O–H groups in total. The predicted molar refractivity (Wildman–Crippen MR) is 109 cm³/mol. The zero-order chi connectivity index (χ0) is 19.0. The van der Waals surface area contributed by atoms with E-state index in [1.54, 1.807) is 0 Å². The second kappa shape index (κ2) is 7.43. The summed E-state index contributed by atoms with van der Waals surface area (Å²) < 4.78 is 2.09. The van der Waals surface area contributed by atoms with E-state index in [0.717, 1.165) is 40.7 Å². The van der Waals surface area contributed by atoms with E-state index >= 15 is 0 Å². The van der Waals surface area contributed by atoms with Gasteiger partial charge < -0.3 is 0 Å². The van der Waals surface area contributed by atoms with E-state index < -0.39 is 0 Å². The Kier molecular flexibility index (Phi) is 5.00. The van der Waals surface area contributed by atoms with Crippen LogP contribution in [0.5, 0.6) is 0 Å². The Hall–Kier alpha value is -2.21. The number of aromatic nitrogens is 3. The highest BCUT2D eigenvalue weighted by atomic mass is 35.5. The van der Waals surface area contributed by atoms with E-state index in [0.29, 0.717) is 23.1 Å². The molecule has 0 amide bonds. The molecule has 0 fully saturated rings. The van der Waals surface area contributed by atoms with Crippen LogP contribution in [0.1, 0.15) is 29.7 Å². The van der Waals surface area contributed by atoms with Crippen LogP contribution in [0.15, 0.2) is 47.5 Å². The van der Waals surface area contributed by atoms with E-state index in [2.05, 4.69) is 33.6 Å². The summed E-state index contributed by atoms with van der Waals surface area (Å²) in [6.45, 7) is 4.17. The first-order valence-electron chi connectivity index (χ1n) is 8.80. The molecule has 2 heterocycles. The molecule has 2 aromatic carbocycles. The van der Waals surface area contributed by atoms with Crippen LogP contribution in [0.4, 0.5) is 0 Å². The van der Waals surface area contributed by atoms with Gasteiger partial charge in [-0.1, -0.05) is 48.3 Å². The SMILES string of the molecule is CCN(C)Cc1nnc2n1-c1ccc(Cl)cc1C(c1ccccc1Cl)=NC2. The second-order valence-corrected chi connectivity index (χ2v) is 7.35. The lowest BCUT2D eigenvalue weighted by Crippen LogP contribution is -2.20. The normalized spacial score (nSPS) is 13.1. The summed E-state index contributed by atoms with van der Waals surface area (Å²) >= 11 is 12.8. The van der Waals surface area contributed by atoms with Crippen LogP contribution in [0.25, 0.3) is 5.69 Å². The van der Waals surface area contributed by atoms with Crippen LogP contribution in [-0.4, -0.2) is 39.0 Å². The van der Waals surface area contributed by atoms with Gasteiger partial charge in [0.15, 0.2) is 11.6 Å². The third kappa shape index (κ3) is 3.38. The molecule has 0 aliphatic carbocycles. The number of hydrogen-bond acceptors (Lipinski definition) is 4. The molecule has 4 rings (SSSR count). The average Bonchev–Trinajstić information content (AvgIpc) is 2.98. The van der Waals surface area contributed by atoms with Crippen molar-refractivity contribution < 1.29 is 0 Å². The third-order valence-corrected chi connectivity index (χ3v) is 5.28. The molecule has 0 atom stereocenters. The Morgan fingerprint density at radius 3 is 2.67 bits per heavy atom. The summed E-state index contributed by atoms with van der Waals surface area (Å²) in [6, 6.07) is 13.5. The topological polar surface area (TPSA) is 46.3 Å². The predicted octanol–water partition coefficient (Wildman–Crippen LogP) is 4.38. The Morgan fingerprint density at radius 1 is 1.07 bits per heavy atom. The Bertz CT molecular complexity index is 1020. The Morgan fingerprint density at radius 2 is 1.89 bits per heavy atom. The first-order valence-corrected chi connectivity index (χ1v) is 9.55. The quantitative estimate of drug-likeness (QED) is 0.653. The average molecular weight is 400 g/mol. The summed E-state index contributed by atoms with van der Waals surface area (Å²) in [5, 5.41) is 10.1. The van der Waals surface area contributed by atoms with E-state index in [1.165, 1.54) is 0 Å². The van der Waals surface area contributed by atoms with Gasteiger partial charge in [0.25, 0.3) is 0 Å². The van der Waals surface area contributed by atoms with Crippen LogP contribution in [0.3, 0.4) is 0 Å². The van der Waals surface area contributed by atoms with Crippen molar-refractivity contribution in [2.75, 3.05) is 13.6 Å². The zero-order valence-corrected chi connectivity index (χ0v) is 16.7. The van der Waals surface area contributed by atoms with Gasteiger partial charge in [0.05, 0.1) is 17.9 Å². The molecule has 0 radical (unpaired) electrons. The minimum absolute atomic E-state index is 0.426. The molecule has 27 heavy (non-hydrogen) atoms. The van der Waals surface area contributed by atoms with Gasteiger partial charge in [0.2, 0.25) is 0 Å². The van der Waals surface area contributed by atoms with Crippen LogP contribution < -0.4 is 0 Å². The fraction of sp³-hybridized carbons (Fsp3) is 0.250. The monoisotopic (exact) mass is 399 g/mol. The fourth-order valence-electron chi connectivity index (χ4n) is 3.20. The smallest absolute Gasteiger partial charge is 0.159 e. The van der Waals surface area contributed by atoms with Gasteiger partial charge in [-0.05, 0) is 37.9 Å². The highest BCUT2D eigenvalue weighted by molar-refractivity contribution is 6.36. The molecule has 0 saturated carbocycles. The van der Waals surface area contributed by atoms with Crippen LogP contribution in [-0.2, 0) is 13.1 Å². The van der Waals surface area contributed by atoms with E-state index in [1.807, 2.05) is 42.5 Å². The standard InChI is InChI=1S/C20H19Cl2N5/c1-3-26(2)12-19-25-24-18-11-23-20(14-6-4-5-7-16(14)22)15-10-13(21)8-9-17(15)27(18)19/h4-10H,3,11-12H2,1-2H3. The van der Waals surface area contributed by atoms with Crippen molar-refractivity contribution >= 4 is 28.9 Å². The van der Waals surface area contributed by atoms with Crippen LogP contribution in [0.2, 0.25) is 10.0 Å². The van der Waals surface area contributed by atoms with Gasteiger partial charge in [-0.15, -0.1) is 10.2 Å². The van der Waals surface area contributed by atoms with Crippen molar-refractivity contribution in [3.8, 4) is 5.69 Å². The molecule has 1 aliphatic rings. The fourth-order valence-corrected chi connectivity index (χ4v) is 3.60. The molecule has 1 aromatic heterocycles. The molecule has 0 bridgehead atoms. The van der Waals surface area contributed by atoms with Crippen molar-refractivity contribution in [2.45, 2.75) is 20.0 Å². The van der Waals surface area contributed by atoms with Crippen molar-refractivity contribution in [2.24, 2.45) is 4.99 Å². The minimum atomic E-state index is 0.426. The molecule has 7 heteroatoms. The van der Waals surface area contributed by atoms with Crippen molar-refractivity contribution in [1.82, 2.24) is 19.7 Å². The molecule has 5 nitrogen and oxygen atoms in total. The van der Waals surface area contributed by atoms with Crippen molar-refractivity contribution in [1.29, 1.82) is 0 Å². The van der Waals surface area contributed by atoms with E-state index in [-0.39, 0.29) is 0 Å². The summed E-state index contributed by atoms with van der Waals surface area (Å²) in [4.78, 5) is 7.02. The van der Waals surface area contributed by atoms with E-state index in [9.17, 15) is 0 Å². The Labute approximate surface area is 168 Å². The zero-order valence-electron chi connectivity index (χ0n) is 15.2.